The molecular weight excluding hydrogens is 206 g/mol. The van der Waals surface area contributed by atoms with Crippen LogP contribution in [0.3, 0.4) is 0 Å². The SMILES string of the molecule is CSC(=NC1CCCCCC1C)NC#N. The number of hydrogen-bond donors (Lipinski definition) is 1. The highest BCUT2D eigenvalue weighted by atomic mass is 32.2. The molecule has 1 N–H and O–H groups in total. The lowest BCUT2D eigenvalue weighted by molar-refractivity contribution is 0.434. The van der Waals surface area contributed by atoms with Gasteiger partial charge in [-0.3, -0.25) is 10.3 Å². The van der Waals surface area contributed by atoms with Gasteiger partial charge in [-0.05, 0) is 25.0 Å². The van der Waals surface area contributed by atoms with Gasteiger partial charge in [-0.25, -0.2) is 0 Å². The monoisotopic (exact) mass is 225 g/mol. The van der Waals surface area contributed by atoms with Crippen LogP contribution in [0.15, 0.2) is 4.99 Å². The van der Waals surface area contributed by atoms with Crippen molar-refractivity contribution in [3.05, 3.63) is 0 Å². The van der Waals surface area contributed by atoms with Crippen molar-refractivity contribution in [2.45, 2.75) is 45.1 Å². The lowest BCUT2D eigenvalue weighted by Gasteiger charge is -2.17. The molecule has 0 saturated heterocycles. The van der Waals surface area contributed by atoms with Gasteiger partial charge < -0.3 is 0 Å². The minimum atomic E-state index is 0.399. The van der Waals surface area contributed by atoms with E-state index in [1.165, 1.54) is 43.9 Å². The lowest BCUT2D eigenvalue weighted by atomic mass is 9.98. The maximum absolute atomic E-state index is 8.56. The zero-order chi connectivity index (χ0) is 11.1. The Bertz CT molecular complexity index is 257. The molecular formula is C11H19N3S. The summed E-state index contributed by atoms with van der Waals surface area (Å²) in [4.78, 5) is 4.63. The van der Waals surface area contributed by atoms with Gasteiger partial charge in [0.15, 0.2) is 11.4 Å². The van der Waals surface area contributed by atoms with Crippen LogP contribution in [-0.2, 0) is 0 Å². The number of aliphatic imine (C=N–C) groups is 1. The van der Waals surface area contributed by atoms with Crippen molar-refractivity contribution in [3.8, 4) is 6.19 Å². The second-order valence-electron chi connectivity index (χ2n) is 4.06. The zero-order valence-corrected chi connectivity index (χ0v) is 10.3. The smallest absolute Gasteiger partial charge is 0.183 e. The average molecular weight is 225 g/mol. The van der Waals surface area contributed by atoms with Crippen molar-refractivity contribution < 1.29 is 0 Å². The van der Waals surface area contributed by atoms with E-state index in [0.717, 1.165) is 5.17 Å². The Hall–Kier alpha value is -0.690. The summed E-state index contributed by atoms with van der Waals surface area (Å²) >= 11 is 1.51. The number of nitriles is 1. The fourth-order valence-corrected chi connectivity index (χ4v) is 2.39. The molecule has 0 aromatic carbocycles. The predicted molar refractivity (Wildman–Crippen MR) is 65.7 cm³/mol. The molecule has 0 aromatic rings. The first-order valence-electron chi connectivity index (χ1n) is 5.54. The highest BCUT2D eigenvalue weighted by Crippen LogP contribution is 2.25. The van der Waals surface area contributed by atoms with Gasteiger partial charge in [0.2, 0.25) is 0 Å². The van der Waals surface area contributed by atoms with Crippen molar-refractivity contribution in [1.29, 1.82) is 5.26 Å². The molecule has 3 nitrogen and oxygen atoms in total. The molecule has 1 saturated carbocycles. The summed E-state index contributed by atoms with van der Waals surface area (Å²) in [5.74, 6) is 0.648. The minimum Gasteiger partial charge on any atom is -0.272 e. The minimum absolute atomic E-state index is 0.399. The van der Waals surface area contributed by atoms with E-state index in [2.05, 4.69) is 17.2 Å². The van der Waals surface area contributed by atoms with Crippen LogP contribution in [0, 0.1) is 17.4 Å². The Balaban J connectivity index is 2.63. The molecule has 0 heterocycles. The summed E-state index contributed by atoms with van der Waals surface area (Å²) in [5.41, 5.74) is 0. The largest absolute Gasteiger partial charge is 0.272 e. The molecule has 1 aliphatic carbocycles. The van der Waals surface area contributed by atoms with Crippen LogP contribution in [0.1, 0.15) is 39.0 Å². The Morgan fingerprint density at radius 2 is 2.13 bits per heavy atom. The summed E-state index contributed by atoms with van der Waals surface area (Å²) in [6, 6.07) is 0.399. The van der Waals surface area contributed by atoms with Crippen molar-refractivity contribution in [3.63, 3.8) is 0 Å². The summed E-state index contributed by atoms with van der Waals surface area (Å²) in [7, 11) is 0. The van der Waals surface area contributed by atoms with Gasteiger partial charge in [-0.2, -0.15) is 5.26 Å². The molecule has 0 spiro atoms. The van der Waals surface area contributed by atoms with Gasteiger partial charge in [0.05, 0.1) is 6.04 Å². The molecule has 4 heteroatoms. The van der Waals surface area contributed by atoms with E-state index in [4.69, 9.17) is 5.26 Å². The van der Waals surface area contributed by atoms with Crippen molar-refractivity contribution in [2.75, 3.05) is 6.26 Å². The number of nitrogens with zero attached hydrogens (tertiary/aromatic N) is 2. The molecule has 84 valence electrons. The average Bonchev–Trinajstić information content (AvgIpc) is 2.43. The van der Waals surface area contributed by atoms with Gasteiger partial charge >= 0.3 is 0 Å². The second kappa shape index (κ2) is 6.73. The lowest BCUT2D eigenvalue weighted by Crippen LogP contribution is -2.21. The molecule has 0 aromatic heterocycles. The highest BCUT2D eigenvalue weighted by molar-refractivity contribution is 8.13. The third-order valence-corrected chi connectivity index (χ3v) is 3.55. The van der Waals surface area contributed by atoms with Gasteiger partial charge in [-0.1, -0.05) is 37.9 Å². The van der Waals surface area contributed by atoms with E-state index < -0.39 is 0 Å². The van der Waals surface area contributed by atoms with Crippen molar-refractivity contribution in [2.24, 2.45) is 10.9 Å². The van der Waals surface area contributed by atoms with Crippen molar-refractivity contribution in [1.82, 2.24) is 5.32 Å². The second-order valence-corrected chi connectivity index (χ2v) is 4.85. The molecule has 15 heavy (non-hydrogen) atoms. The number of rotatable bonds is 1. The molecule has 0 amide bonds. The third-order valence-electron chi connectivity index (χ3n) is 2.96. The molecule has 0 bridgehead atoms. The van der Waals surface area contributed by atoms with Gasteiger partial charge in [0, 0.05) is 0 Å². The van der Waals surface area contributed by atoms with Crippen LogP contribution >= 0.6 is 11.8 Å². The summed E-state index contributed by atoms with van der Waals surface area (Å²) in [6.45, 7) is 2.27. The quantitative estimate of drug-likeness (QED) is 0.245. The van der Waals surface area contributed by atoms with Gasteiger partial charge in [0.1, 0.15) is 0 Å². The Labute approximate surface area is 96.3 Å². The topological polar surface area (TPSA) is 48.2 Å². The third kappa shape index (κ3) is 4.13. The number of nitrogens with one attached hydrogen (secondary N) is 1. The van der Waals surface area contributed by atoms with E-state index in [1.807, 2.05) is 12.4 Å². The Morgan fingerprint density at radius 3 is 2.80 bits per heavy atom. The molecule has 1 fully saturated rings. The highest BCUT2D eigenvalue weighted by Gasteiger charge is 2.19. The van der Waals surface area contributed by atoms with Gasteiger partial charge in [-0.15, -0.1) is 0 Å². The summed E-state index contributed by atoms with van der Waals surface area (Å²) in [6.07, 6.45) is 10.2. The fraction of sp³-hybridized carbons (Fsp3) is 0.818. The van der Waals surface area contributed by atoms with E-state index in [0.29, 0.717) is 12.0 Å². The van der Waals surface area contributed by atoms with Crippen molar-refractivity contribution >= 4 is 16.9 Å². The first kappa shape index (κ1) is 12.4. The zero-order valence-electron chi connectivity index (χ0n) is 9.49. The first-order valence-corrected chi connectivity index (χ1v) is 6.77. The molecule has 1 rings (SSSR count). The normalized spacial score (nSPS) is 27.9. The predicted octanol–water partition coefficient (Wildman–Crippen LogP) is 2.74. The fourth-order valence-electron chi connectivity index (χ4n) is 2.00. The van der Waals surface area contributed by atoms with Crippen LogP contribution in [0.25, 0.3) is 0 Å². The Morgan fingerprint density at radius 1 is 1.40 bits per heavy atom. The number of hydrogen-bond acceptors (Lipinski definition) is 3. The molecule has 2 unspecified atom stereocenters. The molecule has 0 radical (unpaired) electrons. The van der Waals surface area contributed by atoms with E-state index >= 15 is 0 Å². The van der Waals surface area contributed by atoms with Crippen LogP contribution in [0.5, 0.6) is 0 Å². The summed E-state index contributed by atoms with van der Waals surface area (Å²) in [5, 5.41) is 12.0. The number of thioether (sulfide) groups is 1. The Kier molecular flexibility index (Phi) is 5.56. The van der Waals surface area contributed by atoms with Crippen LogP contribution in [0.4, 0.5) is 0 Å². The van der Waals surface area contributed by atoms with E-state index in [-0.39, 0.29) is 0 Å². The van der Waals surface area contributed by atoms with E-state index in [1.54, 1.807) is 0 Å². The molecule has 0 aliphatic heterocycles. The standard InChI is InChI=1S/C11H19N3S/c1-9-6-4-3-5-7-10(9)14-11(15-2)13-8-12/h9-10H,3-7H2,1-2H3,(H,13,14). The number of amidine groups is 1. The molecule has 1 aliphatic rings. The molecule has 2 atom stereocenters. The summed E-state index contributed by atoms with van der Waals surface area (Å²) < 4.78 is 0. The van der Waals surface area contributed by atoms with E-state index in [9.17, 15) is 0 Å². The van der Waals surface area contributed by atoms with Crippen LogP contribution < -0.4 is 5.32 Å². The maximum Gasteiger partial charge on any atom is 0.183 e. The van der Waals surface area contributed by atoms with Gasteiger partial charge in [0.25, 0.3) is 0 Å². The van der Waals surface area contributed by atoms with Crippen LogP contribution in [0.2, 0.25) is 0 Å². The maximum atomic E-state index is 8.56. The first-order chi connectivity index (χ1) is 7.27. The van der Waals surface area contributed by atoms with Crippen LogP contribution in [-0.4, -0.2) is 17.5 Å².